The number of nitriles is 2. The van der Waals surface area contributed by atoms with Gasteiger partial charge in [0.15, 0.2) is 0 Å². The number of rotatable bonds is 0. The molecule has 0 N–H and O–H groups in total. The zero-order valence-electron chi connectivity index (χ0n) is 2.47. The van der Waals surface area contributed by atoms with Gasteiger partial charge in [-0.05, 0) is 0 Å². The van der Waals surface area contributed by atoms with Gasteiger partial charge < -0.3 is 0 Å². The molecule has 2 nitrogen and oxygen atoms in total. The normalized spacial score (nSPS) is 3.60. The van der Waals surface area contributed by atoms with Gasteiger partial charge in [0.1, 0.15) is 0 Å². The van der Waals surface area contributed by atoms with Gasteiger partial charge in [0.25, 0.3) is 0 Å². The number of hydrogen-bond acceptors (Lipinski definition) is 2. The molecule has 0 heterocycles. The second-order valence-electron chi connectivity index (χ2n) is 0.403. The van der Waals surface area contributed by atoms with Crippen LogP contribution in [0.2, 0.25) is 0 Å². The van der Waals surface area contributed by atoms with Gasteiger partial charge in [-0.15, -0.1) is 10.5 Å². The van der Waals surface area contributed by atoms with E-state index in [1.807, 2.05) is 0 Å². The highest BCUT2D eigenvalue weighted by molar-refractivity contribution is 5.08. The van der Waals surface area contributed by atoms with Gasteiger partial charge in [0, 0.05) is 0 Å². The van der Waals surface area contributed by atoms with Gasteiger partial charge >= 0.3 is 18.6 Å². The maximum absolute atomic E-state index is 7.54. The lowest BCUT2D eigenvalue weighted by Crippen LogP contribution is -1.49. The zero-order valence-corrected chi connectivity index (χ0v) is 2.47. The molecular formula is C3HN2+. The monoisotopic (exact) mass is 65.0 g/mol. The third kappa shape index (κ3) is 2.85. The van der Waals surface area contributed by atoms with Crippen molar-refractivity contribution in [1.29, 1.82) is 10.5 Å². The average molecular weight is 65.1 g/mol. The molecule has 0 rings (SSSR count). The molecule has 0 aromatic rings. The minimum Gasteiger partial charge on any atom is -0.141 e. The zero-order chi connectivity index (χ0) is 4.12. The van der Waals surface area contributed by atoms with Crippen LogP contribution in [0, 0.1) is 29.1 Å². The van der Waals surface area contributed by atoms with E-state index in [1.165, 1.54) is 12.1 Å². The van der Waals surface area contributed by atoms with Crippen molar-refractivity contribution in [2.24, 2.45) is 0 Å². The van der Waals surface area contributed by atoms with Crippen molar-refractivity contribution in [2.45, 2.75) is 0 Å². The first-order valence-electron chi connectivity index (χ1n) is 1.02. The maximum atomic E-state index is 7.54. The van der Waals surface area contributed by atoms with E-state index in [4.69, 9.17) is 10.5 Å². The number of hydrogen-bond donors (Lipinski definition) is 0. The summed E-state index contributed by atoms with van der Waals surface area (Å²) >= 11 is 0. The fourth-order valence-electron chi connectivity index (χ4n) is 0.0289. The molecule has 0 aromatic carbocycles. The highest BCUT2D eigenvalue weighted by Gasteiger charge is 1.81. The van der Waals surface area contributed by atoms with Gasteiger partial charge in [0.05, 0.1) is 0 Å². The summed E-state index contributed by atoms with van der Waals surface area (Å²) in [6, 6.07) is 3.06. The molecule has 0 fully saturated rings. The SMILES string of the molecule is N#C[CH+]C#N. The lowest BCUT2D eigenvalue weighted by atomic mass is 10.5. The summed E-state index contributed by atoms with van der Waals surface area (Å²) in [4.78, 5) is 0. The van der Waals surface area contributed by atoms with Crippen LogP contribution in [-0.2, 0) is 0 Å². The summed E-state index contributed by atoms with van der Waals surface area (Å²) in [5, 5.41) is 15.1. The summed E-state index contributed by atoms with van der Waals surface area (Å²) in [7, 11) is 0. The largest absolute Gasteiger partial charge is 0.307 e. The first kappa shape index (κ1) is 3.85. The molecule has 22 valence electrons. The van der Waals surface area contributed by atoms with E-state index in [0.717, 1.165) is 6.42 Å². The second kappa shape index (κ2) is 2.85. The van der Waals surface area contributed by atoms with Crippen LogP contribution in [-0.4, -0.2) is 0 Å². The van der Waals surface area contributed by atoms with Crippen LogP contribution in [0.25, 0.3) is 0 Å². The van der Waals surface area contributed by atoms with Gasteiger partial charge in [-0.2, -0.15) is 0 Å². The summed E-state index contributed by atoms with van der Waals surface area (Å²) in [5.41, 5.74) is 0. The Hall–Kier alpha value is -1.15. The summed E-state index contributed by atoms with van der Waals surface area (Å²) in [5.74, 6) is 0. The van der Waals surface area contributed by atoms with Crippen LogP contribution in [0.4, 0.5) is 0 Å². The van der Waals surface area contributed by atoms with Crippen LogP contribution in [0.5, 0.6) is 0 Å². The minimum atomic E-state index is 0.861. The molecule has 0 atom stereocenters. The molecule has 0 aliphatic carbocycles. The van der Waals surface area contributed by atoms with Crippen LogP contribution in [0.15, 0.2) is 0 Å². The van der Waals surface area contributed by atoms with E-state index in [2.05, 4.69) is 0 Å². The molecule has 0 spiro atoms. The van der Waals surface area contributed by atoms with Crippen molar-refractivity contribution in [1.82, 2.24) is 0 Å². The second-order valence-corrected chi connectivity index (χ2v) is 0.403. The molecule has 0 saturated heterocycles. The predicted molar refractivity (Wildman–Crippen MR) is 15.5 cm³/mol. The molecule has 0 amide bonds. The molecule has 0 aliphatic heterocycles. The standard InChI is InChI=1S/C3HN2/c4-2-1-3-5/h1H/q+1. The summed E-state index contributed by atoms with van der Waals surface area (Å²) in [6.45, 7) is 0. The van der Waals surface area contributed by atoms with Crippen LogP contribution in [0.1, 0.15) is 0 Å². The molecular weight excluding hydrogens is 64.0 g/mol. The Morgan fingerprint density at radius 1 is 1.20 bits per heavy atom. The Kier molecular flexibility index (Phi) is 2.19. The van der Waals surface area contributed by atoms with E-state index >= 15 is 0 Å². The Bertz CT molecular complexity index is 70.0. The Labute approximate surface area is 30.3 Å². The van der Waals surface area contributed by atoms with Gasteiger partial charge in [-0.25, -0.2) is 0 Å². The molecule has 5 heavy (non-hydrogen) atoms. The molecule has 0 radical (unpaired) electrons. The maximum Gasteiger partial charge on any atom is 0.307 e. The third-order valence-corrected chi connectivity index (χ3v) is 0.129. The molecule has 0 bridgehead atoms. The smallest absolute Gasteiger partial charge is 0.141 e. The van der Waals surface area contributed by atoms with Gasteiger partial charge in [-0.3, -0.25) is 0 Å². The lowest BCUT2D eigenvalue weighted by Gasteiger charge is -1.27. The molecule has 0 aliphatic rings. The predicted octanol–water partition coefficient (Wildman–Crippen LogP) is 0.238. The first-order valence-corrected chi connectivity index (χ1v) is 1.02. The highest BCUT2D eigenvalue weighted by atomic mass is 14.3. The summed E-state index contributed by atoms with van der Waals surface area (Å²) in [6.07, 6.45) is 0.861. The Balaban J connectivity index is 2.86. The van der Waals surface area contributed by atoms with Gasteiger partial charge in [0.2, 0.25) is 0 Å². The van der Waals surface area contributed by atoms with E-state index in [0.29, 0.717) is 0 Å². The molecule has 0 unspecified atom stereocenters. The lowest BCUT2D eigenvalue weighted by molar-refractivity contribution is 1.47. The fourth-order valence-corrected chi connectivity index (χ4v) is 0.0289. The van der Waals surface area contributed by atoms with Crippen molar-refractivity contribution < 1.29 is 0 Å². The summed E-state index contributed by atoms with van der Waals surface area (Å²) < 4.78 is 0. The molecule has 0 saturated carbocycles. The third-order valence-electron chi connectivity index (χ3n) is 0.129. The molecule has 2 heteroatoms. The Morgan fingerprint density at radius 2 is 1.60 bits per heavy atom. The van der Waals surface area contributed by atoms with Crippen molar-refractivity contribution in [2.75, 3.05) is 0 Å². The van der Waals surface area contributed by atoms with E-state index in [1.54, 1.807) is 0 Å². The van der Waals surface area contributed by atoms with Crippen molar-refractivity contribution in [3.8, 4) is 12.1 Å². The average Bonchev–Trinajstić information content (AvgIpc) is 1.41. The number of nitrogens with zero attached hydrogens (tertiary/aromatic N) is 2. The highest BCUT2D eigenvalue weighted by Crippen LogP contribution is 1.57. The molecule has 0 aromatic heterocycles. The first-order chi connectivity index (χ1) is 2.41. The van der Waals surface area contributed by atoms with Crippen LogP contribution >= 0.6 is 0 Å². The van der Waals surface area contributed by atoms with Crippen LogP contribution in [0.3, 0.4) is 0 Å². The van der Waals surface area contributed by atoms with Crippen molar-refractivity contribution in [3.63, 3.8) is 0 Å². The van der Waals surface area contributed by atoms with E-state index in [-0.39, 0.29) is 0 Å². The van der Waals surface area contributed by atoms with Crippen molar-refractivity contribution in [3.05, 3.63) is 6.42 Å². The quantitative estimate of drug-likeness (QED) is 0.379. The topological polar surface area (TPSA) is 47.6 Å². The fraction of sp³-hybridized carbons (Fsp3) is 0. The van der Waals surface area contributed by atoms with E-state index in [9.17, 15) is 0 Å². The minimum absolute atomic E-state index is 0.861. The Morgan fingerprint density at radius 3 is 1.60 bits per heavy atom. The van der Waals surface area contributed by atoms with Gasteiger partial charge in [-0.1, -0.05) is 0 Å². The van der Waals surface area contributed by atoms with E-state index < -0.39 is 0 Å². The van der Waals surface area contributed by atoms with Crippen LogP contribution < -0.4 is 0 Å². The van der Waals surface area contributed by atoms with Crippen molar-refractivity contribution >= 4 is 0 Å².